The molecule has 3 fully saturated rings. The molecule has 0 aromatic heterocycles. The molecule has 0 radical (unpaired) electrons. The van der Waals surface area contributed by atoms with Gasteiger partial charge in [0.05, 0.1) is 6.42 Å². The molecule has 6 heteroatoms. The van der Waals surface area contributed by atoms with E-state index < -0.39 is 0 Å². The molecule has 1 unspecified atom stereocenters. The summed E-state index contributed by atoms with van der Waals surface area (Å²) in [7, 11) is 0. The van der Waals surface area contributed by atoms with Crippen molar-refractivity contribution >= 4 is 11.8 Å². The van der Waals surface area contributed by atoms with Crippen LogP contribution in [0, 0.1) is 11.7 Å². The van der Waals surface area contributed by atoms with E-state index in [0.717, 1.165) is 58.3 Å². The van der Waals surface area contributed by atoms with Crippen molar-refractivity contribution in [3.63, 3.8) is 0 Å². The lowest BCUT2D eigenvalue weighted by Crippen LogP contribution is -2.55. The van der Waals surface area contributed by atoms with Crippen molar-refractivity contribution in [2.75, 3.05) is 39.3 Å². The molecule has 0 bridgehead atoms. The maximum atomic E-state index is 14.0. The first-order valence-corrected chi connectivity index (χ1v) is 11.7. The van der Waals surface area contributed by atoms with Crippen LogP contribution in [0.2, 0.25) is 0 Å². The molecule has 1 aromatic carbocycles. The molecule has 5 nitrogen and oxygen atoms in total. The van der Waals surface area contributed by atoms with Crippen LogP contribution in [0.5, 0.6) is 0 Å². The summed E-state index contributed by atoms with van der Waals surface area (Å²) in [5.41, 5.74) is 0.445. The molecule has 4 rings (SSSR count). The Bertz CT molecular complexity index is 746. The zero-order chi connectivity index (χ0) is 20.9. The molecule has 2 saturated heterocycles. The van der Waals surface area contributed by atoms with Crippen LogP contribution in [0.15, 0.2) is 24.3 Å². The number of amides is 2. The lowest BCUT2D eigenvalue weighted by atomic mass is 9.83. The van der Waals surface area contributed by atoms with Gasteiger partial charge in [0.15, 0.2) is 0 Å². The van der Waals surface area contributed by atoms with Crippen molar-refractivity contribution in [2.45, 2.75) is 57.4 Å². The van der Waals surface area contributed by atoms with E-state index in [1.54, 1.807) is 18.2 Å². The van der Waals surface area contributed by atoms with Crippen LogP contribution < -0.4 is 0 Å². The first-order valence-electron chi connectivity index (χ1n) is 11.7. The predicted molar refractivity (Wildman–Crippen MR) is 114 cm³/mol. The van der Waals surface area contributed by atoms with Gasteiger partial charge in [-0.25, -0.2) is 4.39 Å². The van der Waals surface area contributed by atoms with E-state index in [1.807, 2.05) is 4.90 Å². The lowest BCUT2D eigenvalue weighted by molar-refractivity contribution is -0.144. The molecule has 3 aliphatic rings. The van der Waals surface area contributed by atoms with Gasteiger partial charge in [0.2, 0.25) is 11.8 Å². The van der Waals surface area contributed by atoms with Gasteiger partial charge in [0, 0.05) is 38.1 Å². The second-order valence-corrected chi connectivity index (χ2v) is 9.11. The van der Waals surface area contributed by atoms with Crippen molar-refractivity contribution < 1.29 is 14.0 Å². The van der Waals surface area contributed by atoms with E-state index >= 15 is 0 Å². The SMILES string of the molecule is O=C(Cc1ccccc1F)N1CCCC(N(CCN2CCCC2)C(=O)C2CCC2)C1. The van der Waals surface area contributed by atoms with Gasteiger partial charge in [0.25, 0.3) is 0 Å². The van der Waals surface area contributed by atoms with E-state index in [9.17, 15) is 14.0 Å². The highest BCUT2D eigenvalue weighted by molar-refractivity contribution is 5.81. The molecular formula is C24H34FN3O2. The van der Waals surface area contributed by atoms with Gasteiger partial charge in [0.1, 0.15) is 5.82 Å². The Morgan fingerprint density at radius 3 is 2.47 bits per heavy atom. The molecular weight excluding hydrogens is 381 g/mol. The van der Waals surface area contributed by atoms with Crippen molar-refractivity contribution in [2.24, 2.45) is 5.92 Å². The number of hydrogen-bond donors (Lipinski definition) is 0. The zero-order valence-corrected chi connectivity index (χ0v) is 17.9. The summed E-state index contributed by atoms with van der Waals surface area (Å²) in [6.07, 6.45) is 7.58. The van der Waals surface area contributed by atoms with Crippen molar-refractivity contribution in [3.8, 4) is 0 Å². The fourth-order valence-corrected chi connectivity index (χ4v) is 4.97. The maximum Gasteiger partial charge on any atom is 0.227 e. The fourth-order valence-electron chi connectivity index (χ4n) is 4.97. The van der Waals surface area contributed by atoms with Gasteiger partial charge in [-0.1, -0.05) is 24.6 Å². The number of carbonyl (C=O) groups is 2. The van der Waals surface area contributed by atoms with Crippen LogP contribution in [0.25, 0.3) is 0 Å². The molecule has 0 spiro atoms. The average molecular weight is 416 g/mol. The molecule has 30 heavy (non-hydrogen) atoms. The van der Waals surface area contributed by atoms with Crippen LogP contribution in [0.3, 0.4) is 0 Å². The molecule has 2 amide bonds. The smallest absolute Gasteiger partial charge is 0.227 e. The third kappa shape index (κ3) is 5.02. The highest BCUT2D eigenvalue weighted by Crippen LogP contribution is 2.30. The maximum absolute atomic E-state index is 14.0. The Labute approximate surface area is 179 Å². The number of carbonyl (C=O) groups excluding carboxylic acids is 2. The summed E-state index contributed by atoms with van der Waals surface area (Å²) >= 11 is 0. The quantitative estimate of drug-likeness (QED) is 0.687. The number of halogens is 1. The first-order chi connectivity index (χ1) is 14.6. The topological polar surface area (TPSA) is 43.9 Å². The molecule has 164 valence electrons. The third-order valence-electron chi connectivity index (χ3n) is 7.08. The fraction of sp³-hybridized carbons (Fsp3) is 0.667. The van der Waals surface area contributed by atoms with Crippen LogP contribution in [-0.2, 0) is 16.0 Å². The Hall–Kier alpha value is -1.95. The minimum atomic E-state index is -0.327. The lowest BCUT2D eigenvalue weighted by Gasteiger charge is -2.42. The van der Waals surface area contributed by atoms with Crippen molar-refractivity contribution in [1.29, 1.82) is 0 Å². The van der Waals surface area contributed by atoms with E-state index in [1.165, 1.54) is 18.9 Å². The summed E-state index contributed by atoms with van der Waals surface area (Å²) in [5, 5.41) is 0. The Kier molecular flexibility index (Phi) is 7.03. The molecule has 1 aliphatic carbocycles. The van der Waals surface area contributed by atoms with E-state index in [-0.39, 0.29) is 36.0 Å². The Morgan fingerprint density at radius 2 is 1.77 bits per heavy atom. The minimum Gasteiger partial charge on any atom is -0.340 e. The number of benzene rings is 1. The summed E-state index contributed by atoms with van der Waals surface area (Å²) in [5.74, 6) is 0.0918. The van der Waals surface area contributed by atoms with E-state index in [2.05, 4.69) is 9.80 Å². The third-order valence-corrected chi connectivity index (χ3v) is 7.08. The van der Waals surface area contributed by atoms with Gasteiger partial charge >= 0.3 is 0 Å². The van der Waals surface area contributed by atoms with Crippen LogP contribution in [0.4, 0.5) is 4.39 Å². The number of rotatable bonds is 7. The van der Waals surface area contributed by atoms with E-state index in [0.29, 0.717) is 18.7 Å². The van der Waals surface area contributed by atoms with Gasteiger partial charge in [-0.3, -0.25) is 9.59 Å². The summed E-state index contributed by atoms with van der Waals surface area (Å²) in [6.45, 7) is 5.22. The summed E-state index contributed by atoms with van der Waals surface area (Å²) in [6, 6.07) is 6.57. The summed E-state index contributed by atoms with van der Waals surface area (Å²) in [4.78, 5) is 32.5. The molecule has 2 aliphatic heterocycles. The van der Waals surface area contributed by atoms with Crippen molar-refractivity contribution in [1.82, 2.24) is 14.7 Å². The Balaban J connectivity index is 1.40. The second-order valence-electron chi connectivity index (χ2n) is 9.11. The summed E-state index contributed by atoms with van der Waals surface area (Å²) < 4.78 is 14.0. The highest BCUT2D eigenvalue weighted by atomic mass is 19.1. The largest absolute Gasteiger partial charge is 0.340 e. The molecule has 1 aromatic rings. The Morgan fingerprint density at radius 1 is 1.00 bits per heavy atom. The predicted octanol–water partition coefficient (Wildman–Crippen LogP) is 3.08. The number of likely N-dealkylation sites (tertiary alicyclic amines) is 2. The normalized spacial score (nSPS) is 22.7. The van der Waals surface area contributed by atoms with Crippen molar-refractivity contribution in [3.05, 3.63) is 35.6 Å². The number of nitrogens with zero attached hydrogens (tertiary/aromatic N) is 3. The van der Waals surface area contributed by atoms with Crippen LogP contribution in [0.1, 0.15) is 50.5 Å². The first kappa shape index (κ1) is 21.3. The monoisotopic (exact) mass is 415 g/mol. The van der Waals surface area contributed by atoms with Gasteiger partial charge in [-0.05, 0) is 63.2 Å². The average Bonchev–Trinajstić information content (AvgIpc) is 3.22. The number of piperidine rings is 1. The van der Waals surface area contributed by atoms with Crippen LogP contribution in [-0.4, -0.2) is 71.8 Å². The molecule has 2 heterocycles. The molecule has 1 saturated carbocycles. The van der Waals surface area contributed by atoms with E-state index in [4.69, 9.17) is 0 Å². The zero-order valence-electron chi connectivity index (χ0n) is 17.9. The van der Waals surface area contributed by atoms with Gasteiger partial charge in [-0.15, -0.1) is 0 Å². The van der Waals surface area contributed by atoms with Gasteiger partial charge in [-0.2, -0.15) is 0 Å². The van der Waals surface area contributed by atoms with Crippen LogP contribution >= 0.6 is 0 Å². The minimum absolute atomic E-state index is 0.0413. The second kappa shape index (κ2) is 9.90. The standard InChI is InChI=1S/C24H34FN3O2/c25-22-11-2-1-7-20(22)17-23(29)27-14-6-10-21(18-27)28(24(30)19-8-5-9-19)16-15-26-12-3-4-13-26/h1-2,7,11,19,21H,3-6,8-10,12-18H2. The molecule has 0 N–H and O–H groups in total. The molecule has 1 atom stereocenters. The van der Waals surface area contributed by atoms with Gasteiger partial charge < -0.3 is 14.7 Å². The highest BCUT2D eigenvalue weighted by Gasteiger charge is 2.36. The number of hydrogen-bond acceptors (Lipinski definition) is 3.